The van der Waals surface area contributed by atoms with Crippen molar-refractivity contribution in [2.45, 2.75) is 49.0 Å². The van der Waals surface area contributed by atoms with E-state index in [0.29, 0.717) is 88.8 Å². The zero-order chi connectivity index (χ0) is 23.1. The van der Waals surface area contributed by atoms with Gasteiger partial charge in [-0.05, 0) is 18.9 Å². The molecule has 0 bridgehead atoms. The summed E-state index contributed by atoms with van der Waals surface area (Å²) < 4.78 is 44.7. The van der Waals surface area contributed by atoms with Gasteiger partial charge in [0.25, 0.3) is 10.0 Å². The molecule has 3 aliphatic heterocycles. The Hall–Kier alpha value is -1.86. The summed E-state index contributed by atoms with van der Waals surface area (Å²) in [6.45, 7) is 5.03. The van der Waals surface area contributed by atoms with Crippen LogP contribution >= 0.6 is 11.3 Å². The minimum atomic E-state index is -3.63. The lowest BCUT2D eigenvalue weighted by Gasteiger charge is -2.40. The number of ether oxygens (including phenoxy) is 2. The molecule has 33 heavy (non-hydrogen) atoms. The van der Waals surface area contributed by atoms with E-state index in [1.165, 1.54) is 4.31 Å². The number of thiophene rings is 1. The van der Waals surface area contributed by atoms with Crippen molar-refractivity contribution in [3.05, 3.63) is 17.3 Å². The molecule has 3 aliphatic rings. The second kappa shape index (κ2) is 9.06. The van der Waals surface area contributed by atoms with Crippen LogP contribution < -0.4 is 0 Å². The van der Waals surface area contributed by atoms with Gasteiger partial charge in [-0.15, -0.1) is 11.3 Å². The summed E-state index contributed by atoms with van der Waals surface area (Å²) in [4.78, 5) is 19.2. The number of nitrogens with zero attached hydrogens (tertiary/aromatic N) is 4. The van der Waals surface area contributed by atoms with Crippen LogP contribution in [0.5, 0.6) is 0 Å². The van der Waals surface area contributed by atoms with Crippen molar-refractivity contribution in [2.24, 2.45) is 5.92 Å². The number of amides is 1. The van der Waals surface area contributed by atoms with Crippen molar-refractivity contribution in [1.82, 2.24) is 19.3 Å². The van der Waals surface area contributed by atoms with Gasteiger partial charge >= 0.3 is 0 Å². The molecule has 12 heteroatoms. The zero-order valence-corrected chi connectivity index (χ0v) is 20.2. The number of aryl methyl sites for hydroxylation is 1. The number of hydrogen-bond acceptors (Lipinski definition) is 9. The van der Waals surface area contributed by atoms with E-state index in [-0.39, 0.29) is 16.0 Å². The molecule has 2 aromatic heterocycles. The Morgan fingerprint density at radius 2 is 1.88 bits per heavy atom. The number of piperidine rings is 2. The highest BCUT2D eigenvalue weighted by Crippen LogP contribution is 2.34. The molecule has 180 valence electrons. The number of hydrogen-bond donors (Lipinski definition) is 0. The minimum Gasteiger partial charge on any atom is -0.347 e. The fraction of sp³-hybridized carbons (Fsp3) is 0.667. The lowest BCUT2D eigenvalue weighted by molar-refractivity contribution is -0.188. The van der Waals surface area contributed by atoms with Gasteiger partial charge < -0.3 is 18.9 Å². The van der Waals surface area contributed by atoms with E-state index in [1.54, 1.807) is 11.4 Å². The van der Waals surface area contributed by atoms with Gasteiger partial charge in [-0.2, -0.15) is 9.29 Å². The van der Waals surface area contributed by atoms with E-state index < -0.39 is 15.8 Å². The Morgan fingerprint density at radius 1 is 1.18 bits per heavy atom. The molecule has 0 radical (unpaired) electrons. The van der Waals surface area contributed by atoms with E-state index in [4.69, 9.17) is 14.0 Å². The minimum absolute atomic E-state index is 0.113. The van der Waals surface area contributed by atoms with Crippen molar-refractivity contribution in [1.29, 1.82) is 0 Å². The topological polar surface area (TPSA) is 115 Å². The molecule has 2 aromatic rings. The molecule has 3 fully saturated rings. The number of sulfonamides is 1. The third-order valence-corrected chi connectivity index (χ3v) is 9.97. The van der Waals surface area contributed by atoms with Gasteiger partial charge in [0.15, 0.2) is 5.79 Å². The van der Waals surface area contributed by atoms with Crippen molar-refractivity contribution in [2.75, 3.05) is 39.4 Å². The SMILES string of the molecule is CCc1nc(-c2csc(S(=O)(=O)N3CCC(C(=O)N4CCC5(CC4)OCCO5)CC3)c2)no1. The molecule has 3 saturated heterocycles. The summed E-state index contributed by atoms with van der Waals surface area (Å²) in [5.41, 5.74) is 0.630. The van der Waals surface area contributed by atoms with Crippen LogP contribution in [0.3, 0.4) is 0 Å². The van der Waals surface area contributed by atoms with E-state index in [9.17, 15) is 13.2 Å². The van der Waals surface area contributed by atoms with Crippen molar-refractivity contribution in [3.8, 4) is 11.4 Å². The Labute approximate surface area is 196 Å². The zero-order valence-electron chi connectivity index (χ0n) is 18.6. The van der Waals surface area contributed by atoms with Crippen LogP contribution in [-0.4, -0.2) is 78.9 Å². The summed E-state index contributed by atoms with van der Waals surface area (Å²) in [5, 5.41) is 5.65. The van der Waals surface area contributed by atoms with Gasteiger partial charge in [-0.25, -0.2) is 8.42 Å². The maximum atomic E-state index is 13.2. The van der Waals surface area contributed by atoms with Gasteiger partial charge in [0.1, 0.15) is 4.21 Å². The van der Waals surface area contributed by atoms with Crippen molar-refractivity contribution < 1.29 is 27.2 Å². The molecule has 10 nitrogen and oxygen atoms in total. The predicted molar refractivity (Wildman–Crippen MR) is 119 cm³/mol. The first-order chi connectivity index (χ1) is 15.9. The van der Waals surface area contributed by atoms with Crippen LogP contribution in [0, 0.1) is 5.92 Å². The Morgan fingerprint density at radius 3 is 2.52 bits per heavy atom. The van der Waals surface area contributed by atoms with Crippen LogP contribution in [-0.2, 0) is 30.7 Å². The van der Waals surface area contributed by atoms with E-state index in [0.717, 1.165) is 11.3 Å². The van der Waals surface area contributed by atoms with E-state index in [1.807, 2.05) is 11.8 Å². The second-order valence-electron chi connectivity index (χ2n) is 8.63. The molecule has 5 rings (SSSR count). The molecule has 0 unspecified atom stereocenters. The standard InChI is InChI=1S/C21H28N4O6S2/c1-2-17-22-19(23-31-17)16-13-18(32-14-16)33(27,28)25-7-3-15(4-8-25)20(26)24-9-5-21(6-10-24)29-11-12-30-21/h13-15H,2-12H2,1H3. The average molecular weight is 497 g/mol. The second-order valence-corrected chi connectivity index (χ2v) is 11.7. The average Bonchev–Trinajstić information content (AvgIpc) is 3.60. The molecular weight excluding hydrogens is 468 g/mol. The Balaban J connectivity index is 1.18. The first kappa shape index (κ1) is 22.9. The number of rotatable bonds is 5. The fourth-order valence-corrected chi connectivity index (χ4v) is 7.45. The van der Waals surface area contributed by atoms with Crippen LogP contribution in [0.15, 0.2) is 20.2 Å². The molecule has 1 spiro atoms. The third kappa shape index (κ3) is 4.46. The molecule has 0 aromatic carbocycles. The first-order valence-electron chi connectivity index (χ1n) is 11.4. The highest BCUT2D eigenvalue weighted by atomic mass is 32.2. The third-order valence-electron chi connectivity index (χ3n) is 6.65. The number of carbonyl (C=O) groups excluding carboxylic acids is 1. The van der Waals surface area contributed by atoms with Crippen LogP contribution in [0.1, 0.15) is 38.5 Å². The molecule has 0 aliphatic carbocycles. The van der Waals surface area contributed by atoms with Gasteiger partial charge in [-0.1, -0.05) is 12.1 Å². The van der Waals surface area contributed by atoms with E-state index in [2.05, 4.69) is 10.1 Å². The number of likely N-dealkylation sites (tertiary alicyclic amines) is 1. The smallest absolute Gasteiger partial charge is 0.252 e. The quantitative estimate of drug-likeness (QED) is 0.618. The van der Waals surface area contributed by atoms with Gasteiger partial charge in [0.05, 0.1) is 13.2 Å². The fourth-order valence-electron chi connectivity index (χ4n) is 4.67. The largest absolute Gasteiger partial charge is 0.347 e. The summed E-state index contributed by atoms with van der Waals surface area (Å²) >= 11 is 1.15. The molecule has 0 atom stereocenters. The maximum Gasteiger partial charge on any atom is 0.252 e. The predicted octanol–water partition coefficient (Wildman–Crippen LogP) is 2.13. The lowest BCUT2D eigenvalue weighted by atomic mass is 9.94. The van der Waals surface area contributed by atoms with E-state index >= 15 is 0 Å². The van der Waals surface area contributed by atoms with Crippen LogP contribution in [0.4, 0.5) is 0 Å². The van der Waals surface area contributed by atoms with Gasteiger partial charge in [0.2, 0.25) is 17.6 Å². The normalized spacial score (nSPS) is 22.3. The van der Waals surface area contributed by atoms with Crippen LogP contribution in [0.2, 0.25) is 0 Å². The van der Waals surface area contributed by atoms with Crippen molar-refractivity contribution >= 4 is 27.3 Å². The maximum absolute atomic E-state index is 13.2. The Bertz CT molecular complexity index is 1090. The monoisotopic (exact) mass is 496 g/mol. The highest BCUT2D eigenvalue weighted by molar-refractivity contribution is 7.91. The van der Waals surface area contributed by atoms with Crippen molar-refractivity contribution in [3.63, 3.8) is 0 Å². The molecule has 1 amide bonds. The Kier molecular flexibility index (Phi) is 6.29. The summed E-state index contributed by atoms with van der Waals surface area (Å²) in [6.07, 6.45) is 3.04. The molecule has 0 N–H and O–H groups in total. The summed E-state index contributed by atoms with van der Waals surface area (Å²) in [7, 11) is -3.63. The summed E-state index contributed by atoms with van der Waals surface area (Å²) in [6, 6.07) is 1.60. The van der Waals surface area contributed by atoms with Gasteiger partial charge in [-0.3, -0.25) is 4.79 Å². The lowest BCUT2D eigenvalue weighted by Crippen LogP contribution is -2.50. The first-order valence-corrected chi connectivity index (χ1v) is 13.7. The highest BCUT2D eigenvalue weighted by Gasteiger charge is 2.42. The molecule has 5 heterocycles. The number of carbonyl (C=O) groups is 1. The number of aromatic nitrogens is 2. The summed E-state index contributed by atoms with van der Waals surface area (Å²) in [5.74, 6) is 0.363. The van der Waals surface area contributed by atoms with Gasteiger partial charge in [0, 0.05) is 62.3 Å². The molecule has 0 saturated carbocycles. The van der Waals surface area contributed by atoms with Crippen LogP contribution in [0.25, 0.3) is 11.4 Å². The molecular formula is C21H28N4O6S2.